The number of hydrogen-bond donors (Lipinski definition) is 0. The van der Waals surface area contributed by atoms with Gasteiger partial charge in [-0.1, -0.05) is 177 Å². The smallest absolute Gasteiger partial charge is 0.135 e. The van der Waals surface area contributed by atoms with Crippen molar-refractivity contribution in [2.75, 3.05) is 4.90 Å². The number of benzene rings is 9. The third-order valence-corrected chi connectivity index (χ3v) is 12.7. The van der Waals surface area contributed by atoms with Crippen molar-refractivity contribution >= 4 is 49.8 Å². The average Bonchev–Trinajstić information content (AvgIpc) is 3.71. The Morgan fingerprint density at radius 2 is 1.00 bits per heavy atom. The second-order valence-electron chi connectivity index (χ2n) is 16.3. The fourth-order valence-electron chi connectivity index (χ4n) is 9.77. The quantitative estimate of drug-likeness (QED) is 0.153. The van der Waals surface area contributed by atoms with Gasteiger partial charge in [0, 0.05) is 27.6 Å². The molecule has 1 aliphatic carbocycles. The van der Waals surface area contributed by atoms with E-state index in [1.54, 1.807) is 0 Å². The third-order valence-electron chi connectivity index (χ3n) is 12.7. The minimum absolute atomic E-state index is 0.573. The summed E-state index contributed by atoms with van der Waals surface area (Å²) < 4.78 is 6.24. The van der Waals surface area contributed by atoms with Crippen LogP contribution in [0.5, 0.6) is 0 Å². The number of furan rings is 1. The predicted molar refractivity (Wildman–Crippen MR) is 253 cm³/mol. The van der Waals surface area contributed by atoms with E-state index in [1.165, 1.54) is 81.8 Å². The van der Waals surface area contributed by atoms with Gasteiger partial charge in [-0.25, -0.2) is 0 Å². The fourth-order valence-corrected chi connectivity index (χ4v) is 9.77. The van der Waals surface area contributed by atoms with Crippen LogP contribution in [0, 0.1) is 0 Å². The third kappa shape index (κ3) is 6.55. The van der Waals surface area contributed by atoms with Gasteiger partial charge < -0.3 is 9.32 Å². The lowest BCUT2D eigenvalue weighted by Crippen LogP contribution is -2.13. The maximum absolute atomic E-state index is 6.24. The van der Waals surface area contributed by atoms with Gasteiger partial charge in [-0.15, -0.1) is 0 Å². The summed E-state index contributed by atoms with van der Waals surface area (Å²) in [7, 11) is 0. The van der Waals surface area contributed by atoms with Crippen molar-refractivity contribution in [2.45, 2.75) is 38.0 Å². The number of nitrogens with zero attached hydrogens (tertiary/aromatic N) is 1. The number of fused-ring (bicyclic) bond motifs is 4. The first-order valence-corrected chi connectivity index (χ1v) is 21.4. The molecule has 0 radical (unpaired) electrons. The van der Waals surface area contributed by atoms with Gasteiger partial charge in [0.1, 0.15) is 11.2 Å². The molecule has 2 nitrogen and oxygen atoms in total. The Balaban J connectivity index is 1.15. The maximum Gasteiger partial charge on any atom is 0.135 e. The van der Waals surface area contributed by atoms with Crippen LogP contribution >= 0.6 is 0 Å². The molecule has 1 saturated carbocycles. The van der Waals surface area contributed by atoms with Crippen LogP contribution in [-0.4, -0.2) is 0 Å². The lowest BCUT2D eigenvalue weighted by molar-refractivity contribution is 0.445. The molecule has 0 N–H and O–H groups in total. The second-order valence-corrected chi connectivity index (χ2v) is 16.3. The van der Waals surface area contributed by atoms with Crippen molar-refractivity contribution in [1.29, 1.82) is 0 Å². The average molecular weight is 772 g/mol. The van der Waals surface area contributed by atoms with Crippen LogP contribution in [0.1, 0.15) is 43.6 Å². The highest BCUT2D eigenvalue weighted by atomic mass is 16.3. The molecule has 1 heterocycles. The van der Waals surface area contributed by atoms with Gasteiger partial charge in [0.05, 0.1) is 11.4 Å². The van der Waals surface area contributed by atoms with Crippen molar-refractivity contribution < 1.29 is 4.42 Å². The van der Waals surface area contributed by atoms with Crippen LogP contribution in [0.2, 0.25) is 0 Å². The minimum atomic E-state index is 0.573. The SMILES string of the molecule is c1ccc(-c2ccc(N(c3cccc(-c4ccc5oc6ccccc6c5c4)c3)c3ccccc3-c3cccc4cccc(C5CCCCC5)c34)c(-c3ccccc3)c2)cc1. The van der Waals surface area contributed by atoms with E-state index < -0.39 is 0 Å². The van der Waals surface area contributed by atoms with Crippen LogP contribution in [0.3, 0.4) is 0 Å². The number of rotatable bonds is 8. The molecule has 1 aliphatic rings. The Morgan fingerprint density at radius 3 is 1.85 bits per heavy atom. The largest absolute Gasteiger partial charge is 0.456 e. The van der Waals surface area contributed by atoms with E-state index >= 15 is 0 Å². The van der Waals surface area contributed by atoms with Gasteiger partial charge in [-0.2, -0.15) is 0 Å². The molecule has 0 atom stereocenters. The molecule has 0 spiro atoms. The number of para-hydroxylation sites is 2. The van der Waals surface area contributed by atoms with E-state index in [0.717, 1.165) is 50.1 Å². The summed E-state index contributed by atoms with van der Waals surface area (Å²) in [6, 6.07) is 75.4. The zero-order valence-corrected chi connectivity index (χ0v) is 33.6. The molecule has 1 aromatic heterocycles. The Morgan fingerprint density at radius 1 is 0.383 bits per heavy atom. The van der Waals surface area contributed by atoms with Crippen LogP contribution in [0.15, 0.2) is 211 Å². The van der Waals surface area contributed by atoms with Crippen LogP contribution in [0.25, 0.3) is 77.2 Å². The van der Waals surface area contributed by atoms with E-state index in [-0.39, 0.29) is 0 Å². The molecular weight excluding hydrogens is 727 g/mol. The Labute approximate surface area is 352 Å². The van der Waals surface area contributed by atoms with Gasteiger partial charge in [0.2, 0.25) is 0 Å². The molecule has 0 saturated heterocycles. The predicted octanol–water partition coefficient (Wildman–Crippen LogP) is 16.9. The Kier molecular flexibility index (Phi) is 9.32. The van der Waals surface area contributed by atoms with E-state index in [9.17, 15) is 0 Å². The molecule has 0 amide bonds. The Hall–Kier alpha value is -7.16. The summed E-state index contributed by atoms with van der Waals surface area (Å²) >= 11 is 0. The van der Waals surface area contributed by atoms with Gasteiger partial charge in [0.15, 0.2) is 0 Å². The first-order valence-electron chi connectivity index (χ1n) is 21.4. The highest BCUT2D eigenvalue weighted by Crippen LogP contribution is 2.49. The molecule has 11 rings (SSSR count). The van der Waals surface area contributed by atoms with E-state index in [4.69, 9.17) is 4.42 Å². The molecule has 9 aromatic carbocycles. The van der Waals surface area contributed by atoms with Crippen LogP contribution in [-0.2, 0) is 0 Å². The van der Waals surface area contributed by atoms with Gasteiger partial charge in [-0.05, 0) is 117 Å². The van der Waals surface area contributed by atoms with Crippen LogP contribution in [0.4, 0.5) is 17.1 Å². The van der Waals surface area contributed by atoms with Gasteiger partial charge in [-0.3, -0.25) is 0 Å². The summed E-state index contributed by atoms with van der Waals surface area (Å²) in [4.78, 5) is 2.50. The standard InChI is InChI=1S/C58H45NO/c1-4-17-40(18-5-1)45-33-35-55(52(38-45)42-21-8-3-9-22-42)59(47-26-14-25-44(37-47)46-34-36-57-53(39-46)50-28-11-13-32-56(50)60-57)54-31-12-10-27-49(54)51-30-16-24-43-23-15-29-48(58(43)51)41-19-6-2-7-20-41/h1,3-5,8-18,21-39,41H,2,6-7,19-20H2. The first kappa shape index (κ1) is 36.0. The summed E-state index contributed by atoms with van der Waals surface area (Å²) in [5.41, 5.74) is 16.2. The molecule has 1 fully saturated rings. The van der Waals surface area contributed by atoms with E-state index in [2.05, 4.69) is 199 Å². The second kappa shape index (κ2) is 15.5. The lowest BCUT2D eigenvalue weighted by atomic mass is 9.80. The molecule has 0 aliphatic heterocycles. The van der Waals surface area contributed by atoms with Gasteiger partial charge >= 0.3 is 0 Å². The van der Waals surface area contributed by atoms with Crippen molar-refractivity contribution in [3.8, 4) is 44.5 Å². The van der Waals surface area contributed by atoms with Gasteiger partial charge in [0.25, 0.3) is 0 Å². The summed E-state index contributed by atoms with van der Waals surface area (Å²) in [6.45, 7) is 0. The number of anilines is 3. The highest BCUT2D eigenvalue weighted by Gasteiger charge is 2.25. The van der Waals surface area contributed by atoms with E-state index in [0.29, 0.717) is 5.92 Å². The minimum Gasteiger partial charge on any atom is -0.456 e. The van der Waals surface area contributed by atoms with Crippen molar-refractivity contribution in [1.82, 2.24) is 0 Å². The number of hydrogen-bond acceptors (Lipinski definition) is 2. The highest BCUT2D eigenvalue weighted by molar-refractivity contribution is 6.07. The summed E-state index contributed by atoms with van der Waals surface area (Å²) in [5, 5.41) is 4.95. The zero-order chi connectivity index (χ0) is 39.8. The fraction of sp³-hybridized carbons (Fsp3) is 0.103. The molecule has 288 valence electrons. The maximum atomic E-state index is 6.24. The molecular formula is C58H45NO. The van der Waals surface area contributed by atoms with Crippen molar-refractivity contribution in [2.24, 2.45) is 0 Å². The molecule has 0 unspecified atom stereocenters. The van der Waals surface area contributed by atoms with Crippen molar-refractivity contribution in [3.05, 3.63) is 212 Å². The monoisotopic (exact) mass is 771 g/mol. The first-order chi connectivity index (χ1) is 29.8. The Bertz CT molecular complexity index is 3130. The molecule has 60 heavy (non-hydrogen) atoms. The topological polar surface area (TPSA) is 16.4 Å². The van der Waals surface area contributed by atoms with E-state index in [1.807, 2.05) is 12.1 Å². The van der Waals surface area contributed by atoms with Crippen molar-refractivity contribution in [3.63, 3.8) is 0 Å². The lowest BCUT2D eigenvalue weighted by Gasteiger charge is -2.31. The molecule has 2 heteroatoms. The summed E-state index contributed by atoms with van der Waals surface area (Å²) in [5.74, 6) is 0.573. The zero-order valence-electron chi connectivity index (χ0n) is 33.6. The van der Waals surface area contributed by atoms with Crippen LogP contribution < -0.4 is 4.90 Å². The molecule has 0 bridgehead atoms. The normalized spacial score (nSPS) is 13.3. The molecule has 10 aromatic rings. The summed E-state index contributed by atoms with van der Waals surface area (Å²) in [6.07, 6.45) is 6.44.